The average molecular weight is 223 g/mol. The first-order chi connectivity index (χ1) is 7.81. The Morgan fingerprint density at radius 3 is 2.75 bits per heavy atom. The molecule has 0 aromatic heterocycles. The van der Waals surface area contributed by atoms with Crippen molar-refractivity contribution in [2.45, 2.75) is 20.0 Å². The SMILES string of the molecule is CCNCC(OCC)c1cccc(OC)c1. The second-order valence-electron chi connectivity index (χ2n) is 3.53. The number of hydrogen-bond donors (Lipinski definition) is 1. The molecule has 1 atom stereocenters. The predicted octanol–water partition coefficient (Wildman–Crippen LogP) is 2.38. The Morgan fingerprint density at radius 2 is 2.12 bits per heavy atom. The minimum absolute atomic E-state index is 0.0973. The Morgan fingerprint density at radius 1 is 1.31 bits per heavy atom. The van der Waals surface area contributed by atoms with Crippen molar-refractivity contribution in [3.63, 3.8) is 0 Å². The van der Waals surface area contributed by atoms with Gasteiger partial charge in [0.2, 0.25) is 0 Å². The zero-order chi connectivity index (χ0) is 11.8. The molecule has 90 valence electrons. The predicted molar refractivity (Wildman–Crippen MR) is 65.9 cm³/mol. The van der Waals surface area contributed by atoms with Crippen LogP contribution in [0, 0.1) is 0 Å². The molecule has 1 N–H and O–H groups in total. The third kappa shape index (κ3) is 3.83. The largest absolute Gasteiger partial charge is 0.497 e. The zero-order valence-corrected chi connectivity index (χ0v) is 10.3. The lowest BCUT2D eigenvalue weighted by Crippen LogP contribution is -2.23. The van der Waals surface area contributed by atoms with Crippen LogP contribution in [0.15, 0.2) is 24.3 Å². The van der Waals surface area contributed by atoms with E-state index in [0.29, 0.717) is 6.61 Å². The molecule has 3 heteroatoms. The molecule has 1 aromatic rings. The van der Waals surface area contributed by atoms with E-state index in [9.17, 15) is 0 Å². The second kappa shape index (κ2) is 7.25. The van der Waals surface area contributed by atoms with E-state index in [-0.39, 0.29) is 6.10 Å². The lowest BCUT2D eigenvalue weighted by atomic mass is 10.1. The highest BCUT2D eigenvalue weighted by molar-refractivity contribution is 5.30. The summed E-state index contributed by atoms with van der Waals surface area (Å²) in [5, 5.41) is 3.30. The average Bonchev–Trinajstić information content (AvgIpc) is 2.34. The van der Waals surface area contributed by atoms with Crippen LogP contribution >= 0.6 is 0 Å². The van der Waals surface area contributed by atoms with E-state index in [1.807, 2.05) is 25.1 Å². The number of ether oxygens (including phenoxy) is 2. The minimum atomic E-state index is 0.0973. The van der Waals surface area contributed by atoms with E-state index >= 15 is 0 Å². The Balaban J connectivity index is 2.73. The van der Waals surface area contributed by atoms with E-state index in [0.717, 1.165) is 24.4 Å². The fourth-order valence-electron chi connectivity index (χ4n) is 1.59. The van der Waals surface area contributed by atoms with E-state index in [1.54, 1.807) is 7.11 Å². The van der Waals surface area contributed by atoms with Gasteiger partial charge in [0.25, 0.3) is 0 Å². The number of hydrogen-bond acceptors (Lipinski definition) is 3. The lowest BCUT2D eigenvalue weighted by Gasteiger charge is -2.18. The molecule has 0 aliphatic heterocycles. The minimum Gasteiger partial charge on any atom is -0.497 e. The molecule has 0 spiro atoms. The molecule has 0 bridgehead atoms. The van der Waals surface area contributed by atoms with Crippen molar-refractivity contribution in [1.29, 1.82) is 0 Å². The van der Waals surface area contributed by atoms with E-state index in [1.165, 1.54) is 0 Å². The summed E-state index contributed by atoms with van der Waals surface area (Å²) in [6.07, 6.45) is 0.0973. The van der Waals surface area contributed by atoms with Crippen molar-refractivity contribution in [3.8, 4) is 5.75 Å². The molecule has 1 aromatic carbocycles. The molecule has 0 saturated heterocycles. The normalized spacial score (nSPS) is 12.4. The van der Waals surface area contributed by atoms with Gasteiger partial charge < -0.3 is 14.8 Å². The van der Waals surface area contributed by atoms with Gasteiger partial charge in [0.1, 0.15) is 5.75 Å². The quantitative estimate of drug-likeness (QED) is 0.770. The maximum Gasteiger partial charge on any atom is 0.119 e. The fourth-order valence-corrected chi connectivity index (χ4v) is 1.59. The summed E-state index contributed by atoms with van der Waals surface area (Å²) in [7, 11) is 1.68. The van der Waals surface area contributed by atoms with Crippen LogP contribution in [0.25, 0.3) is 0 Å². The zero-order valence-electron chi connectivity index (χ0n) is 10.3. The smallest absolute Gasteiger partial charge is 0.119 e. The van der Waals surface area contributed by atoms with Crippen molar-refractivity contribution < 1.29 is 9.47 Å². The molecule has 1 rings (SSSR count). The van der Waals surface area contributed by atoms with Gasteiger partial charge in [-0.3, -0.25) is 0 Å². The Kier molecular flexibility index (Phi) is 5.90. The van der Waals surface area contributed by atoms with E-state index in [4.69, 9.17) is 9.47 Å². The van der Waals surface area contributed by atoms with Crippen LogP contribution < -0.4 is 10.1 Å². The molecule has 0 saturated carbocycles. The number of rotatable bonds is 7. The molecule has 0 fully saturated rings. The van der Waals surface area contributed by atoms with Crippen LogP contribution in [0.5, 0.6) is 5.75 Å². The molecule has 0 aliphatic rings. The Labute approximate surface area is 97.8 Å². The Bertz CT molecular complexity index is 302. The topological polar surface area (TPSA) is 30.5 Å². The summed E-state index contributed by atoms with van der Waals surface area (Å²) < 4.78 is 10.9. The van der Waals surface area contributed by atoms with Crippen molar-refractivity contribution in [2.75, 3.05) is 26.8 Å². The number of nitrogens with one attached hydrogen (secondary N) is 1. The number of benzene rings is 1. The molecule has 0 aliphatic carbocycles. The highest BCUT2D eigenvalue weighted by Crippen LogP contribution is 2.21. The summed E-state index contributed by atoms with van der Waals surface area (Å²) in [6.45, 7) is 6.60. The summed E-state index contributed by atoms with van der Waals surface area (Å²) in [5.41, 5.74) is 1.15. The highest BCUT2D eigenvalue weighted by atomic mass is 16.5. The first-order valence-electron chi connectivity index (χ1n) is 5.78. The van der Waals surface area contributed by atoms with Gasteiger partial charge in [-0.05, 0) is 31.2 Å². The van der Waals surface area contributed by atoms with E-state index < -0.39 is 0 Å². The molecular weight excluding hydrogens is 202 g/mol. The first kappa shape index (κ1) is 13.0. The molecule has 16 heavy (non-hydrogen) atoms. The van der Waals surface area contributed by atoms with Gasteiger partial charge in [-0.2, -0.15) is 0 Å². The standard InChI is InChI=1S/C13H21NO2/c1-4-14-10-13(16-5-2)11-7-6-8-12(9-11)15-3/h6-9,13-14H,4-5,10H2,1-3H3. The fraction of sp³-hybridized carbons (Fsp3) is 0.538. The molecule has 1 unspecified atom stereocenters. The summed E-state index contributed by atoms with van der Waals surface area (Å²) in [5.74, 6) is 0.874. The van der Waals surface area contributed by atoms with Crippen LogP contribution in [0.1, 0.15) is 25.5 Å². The van der Waals surface area contributed by atoms with Gasteiger partial charge in [-0.25, -0.2) is 0 Å². The third-order valence-electron chi connectivity index (χ3n) is 2.41. The van der Waals surface area contributed by atoms with Crippen LogP contribution in [0.4, 0.5) is 0 Å². The van der Waals surface area contributed by atoms with Crippen LogP contribution in [0.2, 0.25) is 0 Å². The van der Waals surface area contributed by atoms with Gasteiger partial charge in [-0.15, -0.1) is 0 Å². The highest BCUT2D eigenvalue weighted by Gasteiger charge is 2.11. The molecular formula is C13H21NO2. The monoisotopic (exact) mass is 223 g/mol. The van der Waals surface area contributed by atoms with Crippen LogP contribution in [-0.4, -0.2) is 26.8 Å². The molecule has 0 radical (unpaired) electrons. The Hall–Kier alpha value is -1.06. The van der Waals surface area contributed by atoms with Crippen LogP contribution in [0.3, 0.4) is 0 Å². The summed E-state index contributed by atoms with van der Waals surface area (Å²) in [6, 6.07) is 8.03. The molecule has 0 heterocycles. The molecule has 3 nitrogen and oxygen atoms in total. The maximum absolute atomic E-state index is 5.71. The van der Waals surface area contributed by atoms with E-state index in [2.05, 4.69) is 18.3 Å². The number of methoxy groups -OCH3 is 1. The summed E-state index contributed by atoms with van der Waals surface area (Å²) >= 11 is 0. The van der Waals surface area contributed by atoms with Gasteiger partial charge in [0, 0.05) is 13.2 Å². The number of likely N-dealkylation sites (N-methyl/N-ethyl adjacent to an activating group) is 1. The van der Waals surface area contributed by atoms with Crippen LogP contribution in [-0.2, 0) is 4.74 Å². The van der Waals surface area contributed by atoms with Gasteiger partial charge in [0.15, 0.2) is 0 Å². The second-order valence-corrected chi connectivity index (χ2v) is 3.53. The summed E-state index contributed by atoms with van der Waals surface area (Å²) in [4.78, 5) is 0. The molecule has 0 amide bonds. The van der Waals surface area contributed by atoms with Crippen molar-refractivity contribution in [3.05, 3.63) is 29.8 Å². The first-order valence-corrected chi connectivity index (χ1v) is 5.78. The van der Waals surface area contributed by atoms with Crippen molar-refractivity contribution in [2.24, 2.45) is 0 Å². The van der Waals surface area contributed by atoms with Gasteiger partial charge in [-0.1, -0.05) is 19.1 Å². The maximum atomic E-state index is 5.71. The van der Waals surface area contributed by atoms with Gasteiger partial charge >= 0.3 is 0 Å². The van der Waals surface area contributed by atoms with Crippen molar-refractivity contribution in [1.82, 2.24) is 5.32 Å². The van der Waals surface area contributed by atoms with Gasteiger partial charge in [0.05, 0.1) is 13.2 Å². The van der Waals surface area contributed by atoms with Crippen molar-refractivity contribution >= 4 is 0 Å². The third-order valence-corrected chi connectivity index (χ3v) is 2.41. The lowest BCUT2D eigenvalue weighted by molar-refractivity contribution is 0.0626.